The summed E-state index contributed by atoms with van der Waals surface area (Å²) in [6, 6.07) is 7.65. The second-order valence-electron chi connectivity index (χ2n) is 4.40. The van der Waals surface area contributed by atoms with Gasteiger partial charge in [0.05, 0.1) is 11.7 Å². The van der Waals surface area contributed by atoms with E-state index in [9.17, 15) is 0 Å². The molecule has 1 atom stereocenters. The van der Waals surface area contributed by atoms with Crippen molar-refractivity contribution in [3.63, 3.8) is 0 Å². The first-order valence-electron chi connectivity index (χ1n) is 6.30. The van der Waals surface area contributed by atoms with E-state index in [-0.39, 0.29) is 6.04 Å². The first-order valence-corrected chi connectivity index (χ1v) is 7.06. The van der Waals surface area contributed by atoms with E-state index in [0.717, 1.165) is 24.2 Å². The predicted octanol–water partition coefficient (Wildman–Crippen LogP) is 3.91. The van der Waals surface area contributed by atoms with Crippen LogP contribution in [-0.2, 0) is 6.54 Å². The van der Waals surface area contributed by atoms with Crippen molar-refractivity contribution in [3.05, 3.63) is 51.8 Å². The first-order chi connectivity index (χ1) is 9.15. The highest BCUT2D eigenvalue weighted by molar-refractivity contribution is 6.34. The topological polar surface area (TPSA) is 29.9 Å². The molecule has 0 radical (unpaired) electrons. The van der Waals surface area contributed by atoms with Crippen molar-refractivity contribution in [2.24, 2.45) is 0 Å². The zero-order chi connectivity index (χ0) is 13.8. The molecule has 1 heterocycles. The molecule has 0 saturated heterocycles. The summed E-state index contributed by atoms with van der Waals surface area (Å²) in [5.41, 5.74) is 2.15. The van der Waals surface area contributed by atoms with E-state index in [1.165, 1.54) is 0 Å². The number of nitrogens with one attached hydrogen (secondary N) is 1. The Bertz CT molecular complexity index is 531. The summed E-state index contributed by atoms with van der Waals surface area (Å²) in [4.78, 5) is 0. The predicted molar refractivity (Wildman–Crippen MR) is 79.9 cm³/mol. The Hall–Kier alpha value is -1.03. The summed E-state index contributed by atoms with van der Waals surface area (Å²) in [6.45, 7) is 3.03. The van der Waals surface area contributed by atoms with Crippen molar-refractivity contribution >= 4 is 23.2 Å². The lowest BCUT2D eigenvalue weighted by molar-refractivity contribution is 0.534. The lowest BCUT2D eigenvalue weighted by Gasteiger charge is -2.19. The van der Waals surface area contributed by atoms with E-state index in [1.807, 2.05) is 36.1 Å². The Labute approximate surface area is 123 Å². The molecule has 102 valence electrons. The smallest absolute Gasteiger partial charge is 0.0746 e. The zero-order valence-corrected chi connectivity index (χ0v) is 12.5. The van der Waals surface area contributed by atoms with E-state index < -0.39 is 0 Å². The average molecular weight is 298 g/mol. The van der Waals surface area contributed by atoms with Gasteiger partial charge in [0.1, 0.15) is 0 Å². The van der Waals surface area contributed by atoms with Gasteiger partial charge in [0.25, 0.3) is 0 Å². The molecule has 1 N–H and O–H groups in total. The van der Waals surface area contributed by atoms with E-state index in [1.54, 1.807) is 6.07 Å². The molecule has 1 unspecified atom stereocenters. The number of benzene rings is 1. The molecule has 2 rings (SSSR count). The number of nitrogens with zero attached hydrogens (tertiary/aromatic N) is 2. The van der Waals surface area contributed by atoms with Gasteiger partial charge in [0.15, 0.2) is 0 Å². The van der Waals surface area contributed by atoms with E-state index >= 15 is 0 Å². The van der Waals surface area contributed by atoms with Crippen LogP contribution in [0.15, 0.2) is 30.5 Å². The van der Waals surface area contributed by atoms with Crippen LogP contribution >= 0.6 is 23.2 Å². The fourth-order valence-corrected chi connectivity index (χ4v) is 2.76. The van der Waals surface area contributed by atoms with Gasteiger partial charge in [0.2, 0.25) is 0 Å². The van der Waals surface area contributed by atoms with Crippen molar-refractivity contribution in [1.29, 1.82) is 0 Å². The van der Waals surface area contributed by atoms with Crippen molar-refractivity contribution in [3.8, 4) is 0 Å². The van der Waals surface area contributed by atoms with Crippen molar-refractivity contribution in [1.82, 2.24) is 15.1 Å². The minimum atomic E-state index is 0.0326. The highest BCUT2D eigenvalue weighted by Gasteiger charge is 2.17. The van der Waals surface area contributed by atoms with Gasteiger partial charge in [-0.05, 0) is 43.3 Å². The van der Waals surface area contributed by atoms with Gasteiger partial charge in [-0.2, -0.15) is 5.10 Å². The number of aryl methyl sites for hydroxylation is 1. The number of hydrogen-bond donors (Lipinski definition) is 1. The van der Waals surface area contributed by atoms with Crippen LogP contribution in [0.1, 0.15) is 30.6 Å². The Balaban J connectivity index is 2.40. The normalized spacial score (nSPS) is 12.6. The van der Waals surface area contributed by atoms with Crippen molar-refractivity contribution < 1.29 is 0 Å². The SMILES string of the molecule is CCCn1nccc1C(NC)c1cc(Cl)cc(Cl)c1. The molecule has 0 aliphatic heterocycles. The van der Waals surface area contributed by atoms with Crippen LogP contribution in [0.2, 0.25) is 10.0 Å². The maximum absolute atomic E-state index is 6.08. The zero-order valence-electron chi connectivity index (χ0n) is 11.0. The summed E-state index contributed by atoms with van der Waals surface area (Å²) in [6.07, 6.45) is 2.86. The van der Waals surface area contributed by atoms with Crippen LogP contribution < -0.4 is 5.32 Å². The van der Waals surface area contributed by atoms with Crippen LogP contribution in [-0.4, -0.2) is 16.8 Å². The largest absolute Gasteiger partial charge is 0.308 e. The Morgan fingerprint density at radius 2 is 1.95 bits per heavy atom. The highest BCUT2D eigenvalue weighted by Crippen LogP contribution is 2.27. The maximum Gasteiger partial charge on any atom is 0.0746 e. The summed E-state index contributed by atoms with van der Waals surface area (Å²) in [5, 5.41) is 8.94. The lowest BCUT2D eigenvalue weighted by atomic mass is 10.0. The van der Waals surface area contributed by atoms with E-state index in [0.29, 0.717) is 10.0 Å². The summed E-state index contributed by atoms with van der Waals surface area (Å²) in [5.74, 6) is 0. The molecular formula is C14H17Cl2N3. The molecule has 3 nitrogen and oxygen atoms in total. The van der Waals surface area contributed by atoms with Gasteiger partial charge in [-0.1, -0.05) is 30.1 Å². The molecule has 0 aliphatic carbocycles. The summed E-state index contributed by atoms with van der Waals surface area (Å²) >= 11 is 12.2. The fourth-order valence-electron chi connectivity index (χ4n) is 2.21. The lowest BCUT2D eigenvalue weighted by Crippen LogP contribution is -2.21. The van der Waals surface area contributed by atoms with Crippen molar-refractivity contribution in [2.75, 3.05) is 7.05 Å². The van der Waals surface area contributed by atoms with Gasteiger partial charge in [-0.3, -0.25) is 4.68 Å². The molecule has 0 aliphatic rings. The Kier molecular flexibility index (Phi) is 4.86. The third-order valence-electron chi connectivity index (χ3n) is 2.99. The molecule has 0 saturated carbocycles. The van der Waals surface area contributed by atoms with Gasteiger partial charge < -0.3 is 5.32 Å². The van der Waals surface area contributed by atoms with Crippen LogP contribution in [0.3, 0.4) is 0 Å². The molecular weight excluding hydrogens is 281 g/mol. The minimum Gasteiger partial charge on any atom is -0.308 e. The third-order valence-corrected chi connectivity index (χ3v) is 3.42. The third kappa shape index (κ3) is 3.30. The maximum atomic E-state index is 6.08. The molecule has 0 fully saturated rings. The first kappa shape index (κ1) is 14.4. The average Bonchev–Trinajstić information content (AvgIpc) is 2.78. The number of halogens is 2. The highest BCUT2D eigenvalue weighted by atomic mass is 35.5. The second kappa shape index (κ2) is 6.42. The van der Waals surface area contributed by atoms with Gasteiger partial charge in [0, 0.05) is 22.8 Å². The summed E-state index contributed by atoms with van der Waals surface area (Å²) in [7, 11) is 1.92. The standard InChI is InChI=1S/C14H17Cl2N3/c1-3-6-19-13(4-5-18-19)14(17-2)10-7-11(15)9-12(16)8-10/h4-5,7-9,14,17H,3,6H2,1-2H3. The molecule has 5 heteroatoms. The van der Waals surface area contributed by atoms with Crippen LogP contribution in [0.25, 0.3) is 0 Å². The van der Waals surface area contributed by atoms with Gasteiger partial charge >= 0.3 is 0 Å². The molecule has 0 amide bonds. The Morgan fingerprint density at radius 1 is 1.26 bits per heavy atom. The minimum absolute atomic E-state index is 0.0326. The van der Waals surface area contributed by atoms with Crippen molar-refractivity contribution in [2.45, 2.75) is 25.9 Å². The molecule has 1 aromatic heterocycles. The number of aromatic nitrogens is 2. The molecule has 1 aromatic carbocycles. The molecule has 2 aromatic rings. The number of rotatable bonds is 5. The molecule has 19 heavy (non-hydrogen) atoms. The summed E-state index contributed by atoms with van der Waals surface area (Å²) < 4.78 is 2.01. The van der Waals surface area contributed by atoms with E-state index in [4.69, 9.17) is 23.2 Å². The second-order valence-corrected chi connectivity index (χ2v) is 5.28. The quantitative estimate of drug-likeness (QED) is 0.907. The van der Waals surface area contributed by atoms with Gasteiger partial charge in [-0.25, -0.2) is 0 Å². The van der Waals surface area contributed by atoms with Gasteiger partial charge in [-0.15, -0.1) is 0 Å². The molecule has 0 bridgehead atoms. The fraction of sp³-hybridized carbons (Fsp3) is 0.357. The van der Waals surface area contributed by atoms with Crippen LogP contribution in [0.4, 0.5) is 0 Å². The number of hydrogen-bond acceptors (Lipinski definition) is 2. The van der Waals surface area contributed by atoms with Crippen LogP contribution in [0, 0.1) is 0 Å². The van der Waals surface area contributed by atoms with Crippen LogP contribution in [0.5, 0.6) is 0 Å². The Morgan fingerprint density at radius 3 is 2.53 bits per heavy atom. The monoisotopic (exact) mass is 297 g/mol. The molecule has 0 spiro atoms. The van der Waals surface area contributed by atoms with E-state index in [2.05, 4.69) is 17.3 Å².